The zero-order valence-electron chi connectivity index (χ0n) is 18.2. The third-order valence-electron chi connectivity index (χ3n) is 6.40. The number of fused-ring (bicyclic) bond motifs is 7. The Hall–Kier alpha value is -4.70. The monoisotopic (exact) mass is 434 g/mol. The van der Waals surface area contributed by atoms with Crippen LogP contribution in [0.25, 0.3) is 66.0 Å². The minimum Gasteiger partial charge on any atom is -0.256 e. The van der Waals surface area contributed by atoms with Crippen molar-refractivity contribution < 1.29 is 0 Å². The summed E-state index contributed by atoms with van der Waals surface area (Å²) in [4.78, 5) is 18.6. The van der Waals surface area contributed by atoms with Gasteiger partial charge in [-0.15, -0.1) is 0 Å². The Balaban J connectivity index is 1.42. The summed E-state index contributed by atoms with van der Waals surface area (Å²) in [6, 6.07) is 31.2. The minimum absolute atomic E-state index is 0.842. The van der Waals surface area contributed by atoms with E-state index in [2.05, 4.69) is 69.5 Å². The minimum atomic E-state index is 0.842. The molecule has 0 aliphatic heterocycles. The van der Waals surface area contributed by atoms with Gasteiger partial charge in [0.25, 0.3) is 0 Å². The normalized spacial score (nSPS) is 11.5. The van der Waals surface area contributed by atoms with E-state index in [1.54, 1.807) is 6.20 Å². The number of benzene rings is 3. The predicted octanol–water partition coefficient (Wildman–Crippen LogP) is 7.21. The molecule has 0 amide bonds. The van der Waals surface area contributed by atoms with Gasteiger partial charge < -0.3 is 0 Å². The third kappa shape index (κ3) is 2.93. The second-order valence-electron chi connectivity index (χ2n) is 8.37. The van der Waals surface area contributed by atoms with Crippen LogP contribution in [0.2, 0.25) is 0 Å². The van der Waals surface area contributed by atoms with Gasteiger partial charge in [-0.2, -0.15) is 0 Å². The van der Waals surface area contributed by atoms with Gasteiger partial charge in [0.15, 0.2) is 0 Å². The molecule has 4 nitrogen and oxygen atoms in total. The van der Waals surface area contributed by atoms with Gasteiger partial charge in [-0.1, -0.05) is 36.4 Å². The van der Waals surface area contributed by atoms with Gasteiger partial charge in [0.05, 0.1) is 28.1 Å². The fourth-order valence-electron chi connectivity index (χ4n) is 4.78. The zero-order chi connectivity index (χ0) is 22.5. The van der Waals surface area contributed by atoms with Crippen LogP contribution in [0, 0.1) is 0 Å². The van der Waals surface area contributed by atoms with Crippen LogP contribution in [0.15, 0.2) is 110 Å². The third-order valence-corrected chi connectivity index (χ3v) is 6.40. The summed E-state index contributed by atoms with van der Waals surface area (Å²) < 4.78 is 0. The van der Waals surface area contributed by atoms with E-state index in [1.165, 1.54) is 21.5 Å². The Kier molecular flexibility index (Phi) is 4.11. The zero-order valence-corrected chi connectivity index (χ0v) is 18.2. The Morgan fingerprint density at radius 3 is 1.94 bits per heavy atom. The highest BCUT2D eigenvalue weighted by atomic mass is 14.8. The molecular weight excluding hydrogens is 416 g/mol. The molecule has 7 rings (SSSR count). The van der Waals surface area contributed by atoms with Gasteiger partial charge in [-0.3, -0.25) is 15.0 Å². The predicted molar refractivity (Wildman–Crippen MR) is 139 cm³/mol. The lowest BCUT2D eigenvalue weighted by Crippen LogP contribution is -1.91. The molecule has 0 bridgehead atoms. The van der Waals surface area contributed by atoms with Crippen LogP contribution in [0.4, 0.5) is 0 Å². The van der Waals surface area contributed by atoms with E-state index >= 15 is 0 Å². The van der Waals surface area contributed by atoms with Gasteiger partial charge in [-0.25, -0.2) is 4.98 Å². The molecule has 0 atom stereocenters. The molecule has 0 saturated carbocycles. The maximum Gasteiger partial charge on any atom is 0.0893 e. The average Bonchev–Trinajstić information content (AvgIpc) is 2.92. The van der Waals surface area contributed by atoms with E-state index < -0.39 is 0 Å². The second-order valence-corrected chi connectivity index (χ2v) is 8.37. The van der Waals surface area contributed by atoms with Gasteiger partial charge in [0.1, 0.15) is 0 Å². The molecule has 0 N–H and O–H groups in total. The van der Waals surface area contributed by atoms with Crippen molar-refractivity contribution in [3.8, 4) is 22.6 Å². The number of hydrogen-bond donors (Lipinski definition) is 0. The number of rotatable bonds is 2. The summed E-state index contributed by atoms with van der Waals surface area (Å²) in [6.07, 6.45) is 5.50. The van der Waals surface area contributed by atoms with Gasteiger partial charge in [0.2, 0.25) is 0 Å². The number of nitrogens with zero attached hydrogens (tertiary/aromatic N) is 4. The van der Waals surface area contributed by atoms with Gasteiger partial charge in [0, 0.05) is 34.9 Å². The Morgan fingerprint density at radius 2 is 1.18 bits per heavy atom. The average molecular weight is 435 g/mol. The van der Waals surface area contributed by atoms with Crippen molar-refractivity contribution in [2.45, 2.75) is 0 Å². The summed E-state index contributed by atoms with van der Waals surface area (Å²) in [7, 11) is 0. The van der Waals surface area contributed by atoms with Crippen LogP contribution in [-0.4, -0.2) is 19.9 Å². The quantitative estimate of drug-likeness (QED) is 0.270. The smallest absolute Gasteiger partial charge is 0.0893 e. The molecule has 34 heavy (non-hydrogen) atoms. The topological polar surface area (TPSA) is 51.6 Å². The highest BCUT2D eigenvalue weighted by molar-refractivity contribution is 6.26. The van der Waals surface area contributed by atoms with Crippen LogP contribution in [0.3, 0.4) is 0 Å². The van der Waals surface area contributed by atoms with Crippen molar-refractivity contribution in [3.05, 3.63) is 110 Å². The molecule has 0 aliphatic carbocycles. The molecule has 0 radical (unpaired) electrons. The standard InChI is InChI=1S/C30H18N4/c1-2-16-31-24(5-1)21-10-14-27(33-18-21)28-15-11-23-26(34-28)13-9-20-7-6-19-8-12-25-22(4-3-17-32-25)29(19)30(20)23/h1-18H. The summed E-state index contributed by atoms with van der Waals surface area (Å²) >= 11 is 0. The second kappa shape index (κ2) is 7.42. The molecule has 0 saturated heterocycles. The van der Waals surface area contributed by atoms with E-state index in [0.717, 1.165) is 44.5 Å². The molecule has 0 unspecified atom stereocenters. The molecular formula is C30H18N4. The van der Waals surface area contributed by atoms with Gasteiger partial charge in [-0.05, 0) is 76.1 Å². The number of hydrogen-bond acceptors (Lipinski definition) is 4. The molecule has 0 fully saturated rings. The van der Waals surface area contributed by atoms with Crippen LogP contribution in [0.1, 0.15) is 0 Å². The molecule has 4 heteroatoms. The Morgan fingerprint density at radius 1 is 0.441 bits per heavy atom. The van der Waals surface area contributed by atoms with Crippen LogP contribution in [-0.2, 0) is 0 Å². The molecule has 0 aliphatic rings. The van der Waals surface area contributed by atoms with E-state index in [0.29, 0.717) is 0 Å². The first-order chi connectivity index (χ1) is 16.8. The van der Waals surface area contributed by atoms with Crippen molar-refractivity contribution in [3.63, 3.8) is 0 Å². The van der Waals surface area contributed by atoms with Crippen LogP contribution >= 0.6 is 0 Å². The molecule has 0 spiro atoms. The molecule has 7 aromatic rings. The first-order valence-electron chi connectivity index (χ1n) is 11.2. The van der Waals surface area contributed by atoms with E-state index in [-0.39, 0.29) is 0 Å². The largest absolute Gasteiger partial charge is 0.256 e. The lowest BCUT2D eigenvalue weighted by molar-refractivity contribution is 1.25. The van der Waals surface area contributed by atoms with Crippen molar-refractivity contribution in [1.82, 2.24) is 19.9 Å². The van der Waals surface area contributed by atoms with Crippen LogP contribution < -0.4 is 0 Å². The van der Waals surface area contributed by atoms with Crippen molar-refractivity contribution in [1.29, 1.82) is 0 Å². The first-order valence-corrected chi connectivity index (χ1v) is 11.2. The Bertz CT molecular complexity index is 1840. The Labute approximate surface area is 195 Å². The summed E-state index contributed by atoms with van der Waals surface area (Å²) in [5, 5.41) is 7.13. The molecule has 158 valence electrons. The van der Waals surface area contributed by atoms with E-state index in [1.807, 2.05) is 48.8 Å². The first kappa shape index (κ1) is 18.8. The van der Waals surface area contributed by atoms with E-state index in [9.17, 15) is 0 Å². The molecule has 4 aromatic heterocycles. The summed E-state index contributed by atoms with van der Waals surface area (Å²) in [5.74, 6) is 0. The SMILES string of the molecule is c1ccc(-c2ccc(-c3ccc4c(ccc5ccc6ccc7ncccc7c6c54)n3)nc2)nc1. The molecule has 3 aromatic carbocycles. The van der Waals surface area contributed by atoms with Crippen molar-refractivity contribution in [2.24, 2.45) is 0 Å². The fraction of sp³-hybridized carbons (Fsp3) is 0. The lowest BCUT2D eigenvalue weighted by Gasteiger charge is -2.11. The maximum atomic E-state index is 4.99. The molecule has 4 heterocycles. The maximum absolute atomic E-state index is 4.99. The summed E-state index contributed by atoms with van der Waals surface area (Å²) in [5.41, 5.74) is 5.55. The highest BCUT2D eigenvalue weighted by Crippen LogP contribution is 2.36. The lowest BCUT2D eigenvalue weighted by atomic mass is 9.95. The van der Waals surface area contributed by atoms with Crippen molar-refractivity contribution >= 4 is 43.4 Å². The highest BCUT2D eigenvalue weighted by Gasteiger charge is 2.11. The van der Waals surface area contributed by atoms with Crippen LogP contribution in [0.5, 0.6) is 0 Å². The summed E-state index contributed by atoms with van der Waals surface area (Å²) in [6.45, 7) is 0. The van der Waals surface area contributed by atoms with E-state index in [4.69, 9.17) is 4.98 Å². The number of aromatic nitrogens is 4. The fourth-order valence-corrected chi connectivity index (χ4v) is 4.78. The van der Waals surface area contributed by atoms with Gasteiger partial charge >= 0.3 is 0 Å². The number of pyridine rings is 4. The van der Waals surface area contributed by atoms with Crippen molar-refractivity contribution in [2.75, 3.05) is 0 Å².